The fourth-order valence-corrected chi connectivity index (χ4v) is 2.33. The molecule has 0 rings (SSSR count). The van der Waals surface area contributed by atoms with E-state index in [2.05, 4.69) is 59.5 Å². The van der Waals surface area contributed by atoms with E-state index in [9.17, 15) is 9.90 Å². The molecule has 3 nitrogen and oxygen atoms in total. The SMILES string of the molecule is COC(=O)CCCCCCCCC(O)C#CC#CC#C[Si](C)(C)C. The molecule has 24 heavy (non-hydrogen) atoms. The summed E-state index contributed by atoms with van der Waals surface area (Å²) in [6.07, 6.45) is 6.77. The summed E-state index contributed by atoms with van der Waals surface area (Å²) in [5.41, 5.74) is 3.14. The lowest BCUT2D eigenvalue weighted by Gasteiger charge is -2.03. The molecule has 1 unspecified atom stereocenters. The Kier molecular flexibility index (Phi) is 12.8. The van der Waals surface area contributed by atoms with Gasteiger partial charge in [-0.25, -0.2) is 0 Å². The van der Waals surface area contributed by atoms with Gasteiger partial charge in [-0.3, -0.25) is 4.79 Å². The van der Waals surface area contributed by atoms with E-state index < -0.39 is 14.2 Å². The van der Waals surface area contributed by atoms with Crippen LogP contribution in [0.3, 0.4) is 0 Å². The maximum Gasteiger partial charge on any atom is 0.305 e. The maximum absolute atomic E-state index is 10.9. The van der Waals surface area contributed by atoms with Crippen molar-refractivity contribution in [3.63, 3.8) is 0 Å². The first-order valence-corrected chi connectivity index (χ1v) is 12.1. The molecule has 0 aliphatic carbocycles. The van der Waals surface area contributed by atoms with Gasteiger partial charge >= 0.3 is 5.97 Å². The molecule has 0 heterocycles. The van der Waals surface area contributed by atoms with Crippen LogP contribution in [-0.2, 0) is 9.53 Å². The first-order chi connectivity index (χ1) is 11.3. The first-order valence-electron chi connectivity index (χ1n) is 8.63. The van der Waals surface area contributed by atoms with Gasteiger partial charge in [0.05, 0.1) is 7.11 Å². The van der Waals surface area contributed by atoms with Gasteiger partial charge in [0.2, 0.25) is 0 Å². The summed E-state index contributed by atoms with van der Waals surface area (Å²) >= 11 is 0. The van der Waals surface area contributed by atoms with Crippen LogP contribution >= 0.6 is 0 Å². The Morgan fingerprint density at radius 1 is 0.958 bits per heavy atom. The Balaban J connectivity index is 3.69. The Labute approximate surface area is 148 Å². The van der Waals surface area contributed by atoms with Gasteiger partial charge in [-0.15, -0.1) is 5.54 Å². The number of aliphatic hydroxyl groups is 1. The number of aliphatic hydroxyl groups excluding tert-OH is 1. The average Bonchev–Trinajstić information content (AvgIpc) is 2.51. The predicted molar refractivity (Wildman–Crippen MR) is 102 cm³/mol. The summed E-state index contributed by atoms with van der Waals surface area (Å²) in [5, 5.41) is 9.74. The summed E-state index contributed by atoms with van der Waals surface area (Å²) in [5.74, 6) is 13.5. The van der Waals surface area contributed by atoms with E-state index in [4.69, 9.17) is 0 Å². The van der Waals surface area contributed by atoms with Gasteiger partial charge in [0.25, 0.3) is 0 Å². The molecule has 0 aromatic rings. The smallest absolute Gasteiger partial charge is 0.305 e. The summed E-state index contributed by atoms with van der Waals surface area (Å²) in [6, 6.07) is 0. The average molecular weight is 347 g/mol. The van der Waals surface area contributed by atoms with Gasteiger partial charge in [-0.05, 0) is 42.9 Å². The third-order valence-corrected chi connectivity index (χ3v) is 4.07. The zero-order chi connectivity index (χ0) is 18.3. The van der Waals surface area contributed by atoms with E-state index in [-0.39, 0.29) is 5.97 Å². The molecular formula is C20H30O3Si. The van der Waals surface area contributed by atoms with Crippen molar-refractivity contribution in [3.05, 3.63) is 0 Å². The normalized spacial score (nSPS) is 11.0. The minimum Gasteiger partial charge on any atom is -0.469 e. The van der Waals surface area contributed by atoms with E-state index in [1.165, 1.54) is 7.11 Å². The number of carbonyl (C=O) groups is 1. The van der Waals surface area contributed by atoms with Crippen LogP contribution in [0.15, 0.2) is 0 Å². The van der Waals surface area contributed by atoms with E-state index in [0.717, 1.165) is 38.5 Å². The van der Waals surface area contributed by atoms with Crippen LogP contribution < -0.4 is 0 Å². The van der Waals surface area contributed by atoms with Crippen LogP contribution in [0.1, 0.15) is 51.4 Å². The highest BCUT2D eigenvalue weighted by molar-refractivity contribution is 6.83. The number of carbonyl (C=O) groups excluding carboxylic acids is 1. The lowest BCUT2D eigenvalue weighted by Crippen LogP contribution is -2.16. The van der Waals surface area contributed by atoms with E-state index in [1.807, 2.05) is 0 Å². The molecule has 4 heteroatoms. The fourth-order valence-electron chi connectivity index (χ4n) is 1.89. The number of hydrogen-bond acceptors (Lipinski definition) is 3. The Hall–Kier alpha value is -1.67. The van der Waals surface area contributed by atoms with Gasteiger partial charge in [-0.2, -0.15) is 0 Å². The van der Waals surface area contributed by atoms with Crippen molar-refractivity contribution in [2.24, 2.45) is 0 Å². The molecule has 0 aliphatic heterocycles. The molecular weight excluding hydrogens is 316 g/mol. The molecule has 0 aromatic carbocycles. The van der Waals surface area contributed by atoms with Crippen LogP contribution in [0.25, 0.3) is 0 Å². The molecule has 0 aliphatic rings. The van der Waals surface area contributed by atoms with Crippen LogP contribution in [0.2, 0.25) is 19.6 Å². The molecule has 1 N–H and O–H groups in total. The first kappa shape index (κ1) is 22.3. The third kappa shape index (κ3) is 16.7. The van der Waals surface area contributed by atoms with Crippen LogP contribution in [-0.4, -0.2) is 32.4 Å². The number of methoxy groups -OCH3 is 1. The second-order valence-corrected chi connectivity index (χ2v) is 11.5. The van der Waals surface area contributed by atoms with Crippen molar-refractivity contribution in [3.8, 4) is 35.1 Å². The van der Waals surface area contributed by atoms with Gasteiger partial charge in [0.15, 0.2) is 0 Å². The van der Waals surface area contributed by atoms with E-state index in [1.54, 1.807) is 0 Å². The molecule has 0 aromatic heterocycles. The number of rotatable bonds is 9. The summed E-state index contributed by atoms with van der Waals surface area (Å²) in [6.45, 7) is 6.49. The van der Waals surface area contributed by atoms with E-state index >= 15 is 0 Å². The second kappa shape index (κ2) is 13.7. The molecule has 0 spiro atoms. The zero-order valence-electron chi connectivity index (χ0n) is 15.5. The summed E-state index contributed by atoms with van der Waals surface area (Å²) in [7, 11) is 0.0544. The molecule has 0 fully saturated rings. The molecule has 1 atom stereocenters. The van der Waals surface area contributed by atoms with E-state index in [0.29, 0.717) is 12.8 Å². The second-order valence-electron chi connectivity index (χ2n) is 6.77. The Bertz CT molecular complexity index is 541. The van der Waals surface area contributed by atoms with Gasteiger partial charge in [0, 0.05) is 6.42 Å². The van der Waals surface area contributed by atoms with Crippen LogP contribution in [0.5, 0.6) is 0 Å². The maximum atomic E-state index is 10.9. The van der Waals surface area contributed by atoms with Crippen molar-refractivity contribution < 1.29 is 14.6 Å². The van der Waals surface area contributed by atoms with Crippen molar-refractivity contribution in [1.82, 2.24) is 0 Å². The number of unbranched alkanes of at least 4 members (excludes halogenated alkanes) is 5. The highest BCUT2D eigenvalue weighted by Crippen LogP contribution is 2.10. The van der Waals surface area contributed by atoms with Crippen LogP contribution in [0.4, 0.5) is 0 Å². The third-order valence-electron chi connectivity index (χ3n) is 3.20. The summed E-state index contributed by atoms with van der Waals surface area (Å²) in [4.78, 5) is 10.9. The quantitative estimate of drug-likeness (QED) is 0.301. The van der Waals surface area contributed by atoms with Crippen LogP contribution in [0, 0.1) is 35.1 Å². The Morgan fingerprint density at radius 3 is 2.17 bits per heavy atom. The van der Waals surface area contributed by atoms with Gasteiger partial charge < -0.3 is 9.84 Å². The highest BCUT2D eigenvalue weighted by Gasteiger charge is 2.06. The summed E-state index contributed by atoms with van der Waals surface area (Å²) < 4.78 is 4.60. The Morgan fingerprint density at radius 2 is 1.54 bits per heavy atom. The minimum atomic E-state index is -1.37. The largest absolute Gasteiger partial charge is 0.469 e. The monoisotopic (exact) mass is 346 g/mol. The molecule has 0 saturated carbocycles. The molecule has 0 amide bonds. The molecule has 0 bridgehead atoms. The predicted octanol–water partition coefficient (Wildman–Crippen LogP) is 3.53. The number of esters is 1. The van der Waals surface area contributed by atoms with Crippen molar-refractivity contribution in [2.45, 2.75) is 77.1 Å². The molecule has 0 radical (unpaired) electrons. The molecule has 0 saturated heterocycles. The van der Waals surface area contributed by atoms with Crippen molar-refractivity contribution in [2.75, 3.05) is 7.11 Å². The standard InChI is InChI=1S/C20H30O3Si/c1-23-20(22)17-13-8-6-5-7-11-15-19(21)16-12-9-10-14-18-24(2,3)4/h19,21H,5-8,11,13,15,17H2,1-4H3. The fraction of sp³-hybridized carbons (Fsp3) is 0.650. The van der Waals surface area contributed by atoms with Crippen molar-refractivity contribution >= 4 is 14.0 Å². The lowest BCUT2D eigenvalue weighted by atomic mass is 10.1. The lowest BCUT2D eigenvalue weighted by molar-refractivity contribution is -0.140. The minimum absolute atomic E-state index is 0.133. The van der Waals surface area contributed by atoms with Crippen molar-refractivity contribution in [1.29, 1.82) is 0 Å². The number of ether oxygens (including phenoxy) is 1. The zero-order valence-corrected chi connectivity index (χ0v) is 16.5. The number of hydrogen-bond donors (Lipinski definition) is 1. The highest BCUT2D eigenvalue weighted by atomic mass is 28.3. The van der Waals surface area contributed by atoms with Gasteiger partial charge in [0.1, 0.15) is 14.2 Å². The molecule has 132 valence electrons. The van der Waals surface area contributed by atoms with Gasteiger partial charge in [-0.1, -0.05) is 51.2 Å². The topological polar surface area (TPSA) is 46.5 Å².